The minimum Gasteiger partial charge on any atom is -0.477 e. The van der Waals surface area contributed by atoms with Crippen molar-refractivity contribution in [3.05, 3.63) is 69.1 Å². The molecule has 0 radical (unpaired) electrons. The first-order chi connectivity index (χ1) is 11.5. The Morgan fingerprint density at radius 1 is 1.25 bits per heavy atom. The molecule has 0 fully saturated rings. The highest BCUT2D eigenvalue weighted by atomic mass is 35.5. The molecule has 24 heavy (non-hydrogen) atoms. The van der Waals surface area contributed by atoms with Crippen molar-refractivity contribution in [3.8, 4) is 17.2 Å². The molecule has 0 aliphatic rings. The van der Waals surface area contributed by atoms with Crippen LogP contribution < -0.4 is 4.74 Å². The van der Waals surface area contributed by atoms with E-state index in [-0.39, 0.29) is 23.9 Å². The molecule has 0 unspecified atom stereocenters. The smallest absolute Gasteiger partial charge is 0.311 e. The Hall–Kier alpha value is -2.93. The molecule has 1 heterocycles. The molecule has 3 rings (SSSR count). The molecular weight excluding hydrogens is 334 g/mol. The number of halogens is 1. The molecule has 0 aliphatic carbocycles. The van der Waals surface area contributed by atoms with E-state index in [1.807, 2.05) is 0 Å². The number of aromatic nitrogens is 2. The minimum absolute atomic E-state index is 0.0720. The first kappa shape index (κ1) is 15.9. The van der Waals surface area contributed by atoms with Gasteiger partial charge in [0.1, 0.15) is 0 Å². The molecule has 0 saturated carbocycles. The summed E-state index contributed by atoms with van der Waals surface area (Å²) in [5.74, 6) is 0.655. The Balaban J connectivity index is 1.76. The van der Waals surface area contributed by atoms with Crippen molar-refractivity contribution in [2.75, 3.05) is 0 Å². The fourth-order valence-electron chi connectivity index (χ4n) is 2.08. The third-order valence-electron chi connectivity index (χ3n) is 3.20. The van der Waals surface area contributed by atoms with E-state index < -0.39 is 4.92 Å². The van der Waals surface area contributed by atoms with Crippen molar-refractivity contribution in [3.63, 3.8) is 0 Å². The summed E-state index contributed by atoms with van der Waals surface area (Å²) in [5, 5.41) is 19.4. The standard InChI is InChI=1S/C16H12ClN3O4/c1-10-5-6-14(13(7-10)20(21)22)23-9-15-18-19-16(24-15)11-3-2-4-12(17)8-11/h2-8H,9H2,1H3. The zero-order valence-corrected chi connectivity index (χ0v) is 13.4. The number of nitro benzene ring substituents is 1. The van der Waals surface area contributed by atoms with E-state index in [4.69, 9.17) is 20.8 Å². The summed E-state index contributed by atoms with van der Waals surface area (Å²) >= 11 is 5.92. The van der Waals surface area contributed by atoms with Crippen molar-refractivity contribution in [2.24, 2.45) is 0 Å². The van der Waals surface area contributed by atoms with Crippen LogP contribution in [0.25, 0.3) is 11.5 Å². The van der Waals surface area contributed by atoms with Crippen LogP contribution in [0, 0.1) is 17.0 Å². The second-order valence-electron chi connectivity index (χ2n) is 5.03. The van der Waals surface area contributed by atoms with Gasteiger partial charge in [-0.25, -0.2) is 0 Å². The van der Waals surface area contributed by atoms with E-state index in [2.05, 4.69) is 10.2 Å². The maximum absolute atomic E-state index is 11.1. The molecule has 0 amide bonds. The minimum atomic E-state index is -0.493. The number of aryl methyl sites for hydroxylation is 1. The molecular formula is C16H12ClN3O4. The zero-order chi connectivity index (χ0) is 17.1. The lowest BCUT2D eigenvalue weighted by atomic mass is 10.2. The molecule has 0 N–H and O–H groups in total. The van der Waals surface area contributed by atoms with Gasteiger partial charge in [-0.15, -0.1) is 10.2 Å². The van der Waals surface area contributed by atoms with E-state index in [0.717, 1.165) is 5.56 Å². The SMILES string of the molecule is Cc1ccc(OCc2nnc(-c3cccc(Cl)c3)o2)c([N+](=O)[O-])c1. The highest BCUT2D eigenvalue weighted by Crippen LogP contribution is 2.28. The Kier molecular flexibility index (Phi) is 4.43. The molecule has 8 heteroatoms. The van der Waals surface area contributed by atoms with Gasteiger partial charge in [-0.2, -0.15) is 0 Å². The maximum atomic E-state index is 11.1. The summed E-state index contributed by atoms with van der Waals surface area (Å²) in [7, 11) is 0. The van der Waals surface area contributed by atoms with Gasteiger partial charge in [0.25, 0.3) is 5.89 Å². The van der Waals surface area contributed by atoms with E-state index in [1.54, 1.807) is 43.3 Å². The number of hydrogen-bond acceptors (Lipinski definition) is 6. The summed E-state index contributed by atoms with van der Waals surface area (Å²) in [5.41, 5.74) is 1.35. The Bertz CT molecular complexity index is 895. The van der Waals surface area contributed by atoms with Crippen molar-refractivity contribution in [1.82, 2.24) is 10.2 Å². The summed E-state index contributed by atoms with van der Waals surface area (Å²) in [6.45, 7) is 1.70. The van der Waals surface area contributed by atoms with E-state index in [0.29, 0.717) is 16.5 Å². The third kappa shape index (κ3) is 3.52. The number of hydrogen-bond donors (Lipinski definition) is 0. The van der Waals surface area contributed by atoms with Gasteiger partial charge in [-0.05, 0) is 36.8 Å². The molecule has 0 saturated heterocycles. The first-order valence-electron chi connectivity index (χ1n) is 6.99. The molecule has 1 aromatic heterocycles. The van der Waals surface area contributed by atoms with Gasteiger partial charge in [-0.3, -0.25) is 10.1 Å². The quantitative estimate of drug-likeness (QED) is 0.508. The lowest BCUT2D eigenvalue weighted by molar-refractivity contribution is -0.386. The number of benzene rings is 2. The van der Waals surface area contributed by atoms with Crippen LogP contribution in [0.1, 0.15) is 11.5 Å². The number of rotatable bonds is 5. The van der Waals surface area contributed by atoms with E-state index in [9.17, 15) is 10.1 Å². The molecule has 3 aromatic rings. The Morgan fingerprint density at radius 3 is 2.83 bits per heavy atom. The third-order valence-corrected chi connectivity index (χ3v) is 3.44. The van der Waals surface area contributed by atoms with Gasteiger partial charge in [0.2, 0.25) is 5.89 Å². The van der Waals surface area contributed by atoms with Crippen molar-refractivity contribution < 1.29 is 14.1 Å². The normalized spacial score (nSPS) is 10.6. The van der Waals surface area contributed by atoms with Crippen molar-refractivity contribution >= 4 is 17.3 Å². The van der Waals surface area contributed by atoms with Crippen molar-refractivity contribution in [1.29, 1.82) is 0 Å². The van der Waals surface area contributed by atoms with Crippen LogP contribution in [0.5, 0.6) is 5.75 Å². The topological polar surface area (TPSA) is 91.3 Å². The van der Waals surface area contributed by atoms with E-state index in [1.165, 1.54) is 6.07 Å². The van der Waals surface area contributed by atoms with Crippen LogP contribution in [-0.2, 0) is 6.61 Å². The van der Waals surface area contributed by atoms with Gasteiger partial charge < -0.3 is 9.15 Å². The highest BCUT2D eigenvalue weighted by molar-refractivity contribution is 6.30. The Morgan fingerprint density at radius 2 is 2.08 bits per heavy atom. The number of ether oxygens (including phenoxy) is 1. The highest BCUT2D eigenvalue weighted by Gasteiger charge is 2.16. The average Bonchev–Trinajstić information content (AvgIpc) is 3.02. The predicted molar refractivity (Wildman–Crippen MR) is 86.9 cm³/mol. The van der Waals surface area contributed by atoms with Gasteiger partial charge >= 0.3 is 5.69 Å². The lowest BCUT2D eigenvalue weighted by Gasteiger charge is -2.04. The fourth-order valence-corrected chi connectivity index (χ4v) is 2.27. The molecule has 7 nitrogen and oxygen atoms in total. The van der Waals surface area contributed by atoms with Crippen LogP contribution in [0.4, 0.5) is 5.69 Å². The number of nitrogens with zero attached hydrogens (tertiary/aromatic N) is 3. The monoisotopic (exact) mass is 345 g/mol. The molecule has 0 aliphatic heterocycles. The predicted octanol–water partition coefficient (Wildman–Crippen LogP) is 4.19. The fraction of sp³-hybridized carbons (Fsp3) is 0.125. The second kappa shape index (κ2) is 6.67. The molecule has 2 aromatic carbocycles. The number of nitro groups is 1. The van der Waals surface area contributed by atoms with Gasteiger partial charge in [0.15, 0.2) is 12.4 Å². The molecule has 122 valence electrons. The summed E-state index contributed by atoms with van der Waals surface area (Å²) in [6, 6.07) is 11.7. The van der Waals surface area contributed by atoms with Crippen LogP contribution in [-0.4, -0.2) is 15.1 Å². The zero-order valence-electron chi connectivity index (χ0n) is 12.6. The van der Waals surface area contributed by atoms with Gasteiger partial charge in [-0.1, -0.05) is 23.7 Å². The van der Waals surface area contributed by atoms with Crippen molar-refractivity contribution in [2.45, 2.75) is 13.5 Å². The second-order valence-corrected chi connectivity index (χ2v) is 5.46. The van der Waals surface area contributed by atoms with Gasteiger partial charge in [0.05, 0.1) is 4.92 Å². The average molecular weight is 346 g/mol. The summed E-state index contributed by atoms with van der Waals surface area (Å²) in [4.78, 5) is 10.6. The lowest BCUT2D eigenvalue weighted by Crippen LogP contribution is -1.99. The van der Waals surface area contributed by atoms with E-state index >= 15 is 0 Å². The Labute approximate surface area is 142 Å². The maximum Gasteiger partial charge on any atom is 0.311 e. The van der Waals surface area contributed by atoms with Crippen LogP contribution in [0.15, 0.2) is 46.9 Å². The van der Waals surface area contributed by atoms with Crippen LogP contribution >= 0.6 is 11.6 Å². The molecule has 0 atom stereocenters. The largest absolute Gasteiger partial charge is 0.477 e. The molecule has 0 bridgehead atoms. The summed E-state index contributed by atoms with van der Waals surface area (Å²) in [6.07, 6.45) is 0. The summed E-state index contributed by atoms with van der Waals surface area (Å²) < 4.78 is 10.9. The molecule has 0 spiro atoms. The van der Waals surface area contributed by atoms with Crippen LogP contribution in [0.3, 0.4) is 0 Å². The first-order valence-corrected chi connectivity index (χ1v) is 7.37. The van der Waals surface area contributed by atoms with Gasteiger partial charge in [0, 0.05) is 16.7 Å². The van der Waals surface area contributed by atoms with Crippen LogP contribution in [0.2, 0.25) is 5.02 Å².